The third kappa shape index (κ3) is 6.61. The molecular weight excluding hydrogens is 443 g/mol. The van der Waals surface area contributed by atoms with Crippen LogP contribution in [-0.4, -0.2) is 18.2 Å². The van der Waals surface area contributed by atoms with Crippen LogP contribution < -0.4 is 34.7 Å². The van der Waals surface area contributed by atoms with Gasteiger partial charge in [-0.05, 0) is 74.5 Å². The Labute approximate surface area is 237 Å². The van der Waals surface area contributed by atoms with Gasteiger partial charge in [0.25, 0.3) is 0 Å². The minimum Gasteiger partial charge on any atom is -0.852 e. The van der Waals surface area contributed by atoms with E-state index in [9.17, 15) is 9.90 Å². The molecular formula is C31H51NaO3. The average Bonchev–Trinajstić information content (AvgIpc) is 3.14. The smallest absolute Gasteiger partial charge is 0.852 e. The van der Waals surface area contributed by atoms with Crippen molar-refractivity contribution in [3.8, 4) is 0 Å². The molecule has 0 saturated heterocycles. The van der Waals surface area contributed by atoms with Gasteiger partial charge in [-0.25, -0.2) is 0 Å². The van der Waals surface area contributed by atoms with E-state index in [4.69, 9.17) is 4.74 Å². The number of esters is 1. The second-order valence-electron chi connectivity index (χ2n) is 12.8. The molecule has 194 valence electrons. The van der Waals surface area contributed by atoms with E-state index < -0.39 is 0 Å². The van der Waals surface area contributed by atoms with Gasteiger partial charge in [0.1, 0.15) is 6.10 Å². The molecule has 3 fully saturated rings. The van der Waals surface area contributed by atoms with E-state index in [1.807, 2.05) is 0 Å². The SMILES string of the molecule is CCCCCCCCCCCC(=O)OC1CC[C@H]2[C@@H]3CC=C4CC([O-])CC[C@]4(C)[C@H]3CC[C@]12C.[Na+]. The number of hydrogen-bond donors (Lipinski definition) is 0. The molecule has 0 N–H and O–H groups in total. The van der Waals surface area contributed by atoms with E-state index >= 15 is 0 Å². The summed E-state index contributed by atoms with van der Waals surface area (Å²) in [7, 11) is 0. The summed E-state index contributed by atoms with van der Waals surface area (Å²) in [6.45, 7) is 7.15. The van der Waals surface area contributed by atoms with Gasteiger partial charge in [-0.1, -0.05) is 90.2 Å². The van der Waals surface area contributed by atoms with Crippen LogP contribution in [0.3, 0.4) is 0 Å². The molecule has 4 heteroatoms. The Balaban J connectivity index is 0.00000342. The van der Waals surface area contributed by atoms with Crippen LogP contribution in [0.5, 0.6) is 0 Å². The van der Waals surface area contributed by atoms with Crippen molar-refractivity contribution in [3.63, 3.8) is 0 Å². The van der Waals surface area contributed by atoms with E-state index in [1.54, 1.807) is 0 Å². The predicted molar refractivity (Wildman–Crippen MR) is 137 cm³/mol. The minimum absolute atomic E-state index is 0. The van der Waals surface area contributed by atoms with Crippen LogP contribution in [0.2, 0.25) is 0 Å². The Morgan fingerprint density at radius 3 is 2.34 bits per heavy atom. The van der Waals surface area contributed by atoms with Crippen LogP contribution in [0.25, 0.3) is 0 Å². The topological polar surface area (TPSA) is 49.4 Å². The standard InChI is InChI=1S/C31H51O3.Na/c1-4-5-6-7-8-9-10-11-12-13-29(33)34-28-17-16-26-25-15-14-23-22-24(32)18-20-30(23,2)27(25)19-21-31(26,28)3;/h14,24-28H,4-13,15-22H2,1-3H3;/q-1;+1/t24?,25-,26-,27-,28?,30-,31-;/m0./s1. The Kier molecular flexibility index (Phi) is 11.3. The monoisotopic (exact) mass is 494 g/mol. The van der Waals surface area contributed by atoms with E-state index in [0.717, 1.165) is 50.9 Å². The number of carbonyl (C=O) groups excluding carboxylic acids is 1. The normalized spacial score (nSPS) is 37.9. The molecule has 4 aliphatic rings. The molecule has 0 bridgehead atoms. The zero-order valence-electron chi connectivity index (χ0n) is 23.4. The van der Waals surface area contributed by atoms with Gasteiger partial charge >= 0.3 is 35.5 Å². The van der Waals surface area contributed by atoms with Gasteiger partial charge < -0.3 is 9.84 Å². The van der Waals surface area contributed by atoms with E-state index in [-0.39, 0.29) is 58.6 Å². The summed E-state index contributed by atoms with van der Waals surface area (Å²) in [4.78, 5) is 12.7. The zero-order chi connectivity index (χ0) is 24.2. The van der Waals surface area contributed by atoms with Crippen molar-refractivity contribution in [2.75, 3.05) is 0 Å². The second-order valence-corrected chi connectivity index (χ2v) is 12.8. The summed E-state index contributed by atoms with van der Waals surface area (Å²) in [6, 6.07) is 0. The molecule has 0 radical (unpaired) electrons. The number of ether oxygens (including phenoxy) is 1. The van der Waals surface area contributed by atoms with Gasteiger partial charge in [-0.15, -0.1) is 6.10 Å². The summed E-state index contributed by atoms with van der Waals surface area (Å²) in [5.74, 6) is 2.13. The van der Waals surface area contributed by atoms with Gasteiger partial charge in [0, 0.05) is 11.8 Å². The zero-order valence-corrected chi connectivity index (χ0v) is 25.4. The molecule has 4 rings (SSSR count). The Hall–Kier alpha value is 0.170. The third-order valence-electron chi connectivity index (χ3n) is 10.7. The van der Waals surface area contributed by atoms with Crippen LogP contribution in [0, 0.1) is 28.6 Å². The molecule has 3 nitrogen and oxygen atoms in total. The van der Waals surface area contributed by atoms with Crippen LogP contribution >= 0.6 is 0 Å². The molecule has 0 spiro atoms. The van der Waals surface area contributed by atoms with Gasteiger partial charge in [0.05, 0.1) is 0 Å². The Bertz CT molecular complexity index is 720. The number of rotatable bonds is 11. The van der Waals surface area contributed by atoms with Crippen molar-refractivity contribution >= 4 is 5.97 Å². The molecule has 35 heavy (non-hydrogen) atoms. The molecule has 0 aliphatic heterocycles. The third-order valence-corrected chi connectivity index (χ3v) is 10.7. The summed E-state index contributed by atoms with van der Waals surface area (Å²) >= 11 is 0. The second kappa shape index (κ2) is 13.3. The molecule has 0 aromatic carbocycles. The van der Waals surface area contributed by atoms with Gasteiger partial charge in [0.2, 0.25) is 0 Å². The van der Waals surface area contributed by atoms with Gasteiger partial charge in [0.15, 0.2) is 0 Å². The summed E-state index contributed by atoms with van der Waals surface area (Å²) < 4.78 is 6.19. The van der Waals surface area contributed by atoms with E-state index in [2.05, 4.69) is 26.8 Å². The molecule has 3 saturated carbocycles. The summed E-state index contributed by atoms with van der Waals surface area (Å²) in [5, 5.41) is 12.2. The van der Waals surface area contributed by atoms with E-state index in [0.29, 0.717) is 18.3 Å². The van der Waals surface area contributed by atoms with Crippen LogP contribution in [0.15, 0.2) is 11.6 Å². The predicted octanol–water partition coefficient (Wildman–Crippen LogP) is 4.51. The number of unbranched alkanes of at least 4 members (excludes halogenated alkanes) is 8. The maximum atomic E-state index is 12.7. The maximum Gasteiger partial charge on any atom is 1.00 e. The van der Waals surface area contributed by atoms with Crippen LogP contribution in [-0.2, 0) is 9.53 Å². The summed E-state index contributed by atoms with van der Waals surface area (Å²) in [5.41, 5.74) is 1.87. The number of hydrogen-bond acceptors (Lipinski definition) is 3. The molecule has 4 aliphatic carbocycles. The fourth-order valence-electron chi connectivity index (χ4n) is 8.57. The first-order chi connectivity index (χ1) is 16.4. The first kappa shape index (κ1) is 29.7. The van der Waals surface area contributed by atoms with E-state index in [1.165, 1.54) is 69.8 Å². The Morgan fingerprint density at radius 1 is 0.943 bits per heavy atom. The first-order valence-corrected chi connectivity index (χ1v) is 14.9. The fourth-order valence-corrected chi connectivity index (χ4v) is 8.57. The van der Waals surface area contributed by atoms with Crippen molar-refractivity contribution in [1.29, 1.82) is 0 Å². The number of allylic oxidation sites excluding steroid dienone is 1. The molecule has 0 aromatic rings. The van der Waals surface area contributed by atoms with Gasteiger partial charge in [-0.3, -0.25) is 4.79 Å². The molecule has 0 aromatic heterocycles. The summed E-state index contributed by atoms with van der Waals surface area (Å²) in [6.07, 6.45) is 22.8. The van der Waals surface area contributed by atoms with Crippen LogP contribution in [0.1, 0.15) is 136 Å². The molecule has 7 atom stereocenters. The fraction of sp³-hybridized carbons (Fsp3) is 0.903. The van der Waals surface area contributed by atoms with Crippen molar-refractivity contribution in [1.82, 2.24) is 0 Å². The Morgan fingerprint density at radius 2 is 1.63 bits per heavy atom. The minimum atomic E-state index is -0.384. The van der Waals surface area contributed by atoms with Crippen LogP contribution in [0.4, 0.5) is 0 Å². The molecule has 2 unspecified atom stereocenters. The van der Waals surface area contributed by atoms with Crippen molar-refractivity contribution in [2.24, 2.45) is 28.6 Å². The average molecular weight is 495 g/mol. The number of fused-ring (bicyclic) bond motifs is 5. The maximum absolute atomic E-state index is 12.7. The van der Waals surface area contributed by atoms with Crippen molar-refractivity contribution < 1.29 is 44.2 Å². The molecule has 0 amide bonds. The van der Waals surface area contributed by atoms with Crippen molar-refractivity contribution in [3.05, 3.63) is 11.6 Å². The van der Waals surface area contributed by atoms with Gasteiger partial charge in [-0.2, -0.15) is 0 Å². The quantitative estimate of drug-likeness (QED) is 0.184. The largest absolute Gasteiger partial charge is 1.00 e. The van der Waals surface area contributed by atoms with Crippen molar-refractivity contribution in [2.45, 2.75) is 149 Å². The molecule has 0 heterocycles. The number of carbonyl (C=O) groups is 1. The first-order valence-electron chi connectivity index (χ1n) is 14.9.